The molecule has 3 N–H and O–H groups in total. The van der Waals surface area contributed by atoms with Crippen molar-refractivity contribution in [2.24, 2.45) is 5.84 Å². The van der Waals surface area contributed by atoms with Crippen LogP contribution in [0.3, 0.4) is 0 Å². The molecule has 0 fully saturated rings. The fourth-order valence-corrected chi connectivity index (χ4v) is 2.97. The minimum Gasteiger partial charge on any atom is -0.491 e. The Morgan fingerprint density at radius 2 is 1.86 bits per heavy atom. The van der Waals surface area contributed by atoms with Gasteiger partial charge in [-0.2, -0.15) is 0 Å². The third kappa shape index (κ3) is 4.43. The number of likely N-dealkylation sites (N-methyl/N-ethyl adjacent to an activating group) is 1. The van der Waals surface area contributed by atoms with Crippen LogP contribution in [-0.2, 0) is 0 Å². The predicted molar refractivity (Wildman–Crippen MR) is 89.3 cm³/mol. The van der Waals surface area contributed by atoms with Crippen LogP contribution >= 0.6 is 0 Å². The van der Waals surface area contributed by atoms with Crippen molar-refractivity contribution in [2.45, 2.75) is 59.2 Å². The highest BCUT2D eigenvalue weighted by Gasteiger charge is 2.34. The van der Waals surface area contributed by atoms with Crippen LogP contribution in [0.5, 0.6) is 5.75 Å². The quantitative estimate of drug-likeness (QED) is 0.571. The molecular formula is C17H31N3O. The molecule has 0 radical (unpaired) electrons. The maximum Gasteiger partial charge on any atom is 0.120 e. The highest BCUT2D eigenvalue weighted by Crippen LogP contribution is 2.32. The summed E-state index contributed by atoms with van der Waals surface area (Å²) in [6.07, 6.45) is 0.167. The summed E-state index contributed by atoms with van der Waals surface area (Å²) in [7, 11) is 0. The Balaban J connectivity index is 3.09. The van der Waals surface area contributed by atoms with Crippen LogP contribution in [0, 0.1) is 0 Å². The molecule has 0 aromatic heterocycles. The zero-order valence-corrected chi connectivity index (χ0v) is 14.3. The van der Waals surface area contributed by atoms with Crippen molar-refractivity contribution in [3.05, 3.63) is 29.8 Å². The molecule has 1 unspecified atom stereocenters. The molecule has 0 aliphatic rings. The molecule has 4 heteroatoms. The van der Waals surface area contributed by atoms with Crippen LogP contribution in [-0.4, -0.2) is 29.6 Å². The van der Waals surface area contributed by atoms with Gasteiger partial charge in [-0.3, -0.25) is 16.2 Å². The van der Waals surface area contributed by atoms with Gasteiger partial charge in [-0.15, -0.1) is 0 Å². The van der Waals surface area contributed by atoms with Crippen molar-refractivity contribution in [2.75, 3.05) is 13.1 Å². The third-order valence-electron chi connectivity index (χ3n) is 4.01. The SMILES string of the molecule is CCN(CC)C(C)(C)C(NN)c1cccc(OC(C)C)c1. The van der Waals surface area contributed by atoms with Crippen molar-refractivity contribution in [1.29, 1.82) is 0 Å². The molecule has 4 nitrogen and oxygen atoms in total. The van der Waals surface area contributed by atoms with Gasteiger partial charge in [-0.1, -0.05) is 26.0 Å². The van der Waals surface area contributed by atoms with Crippen molar-refractivity contribution in [3.63, 3.8) is 0 Å². The van der Waals surface area contributed by atoms with E-state index in [2.05, 4.69) is 50.2 Å². The number of rotatable bonds is 8. The van der Waals surface area contributed by atoms with E-state index in [1.807, 2.05) is 26.0 Å². The summed E-state index contributed by atoms with van der Waals surface area (Å²) in [6, 6.07) is 8.23. The Bertz CT molecular complexity index is 428. The lowest BCUT2D eigenvalue weighted by Crippen LogP contribution is -2.54. The van der Waals surface area contributed by atoms with Crippen LogP contribution in [0.1, 0.15) is 53.1 Å². The molecule has 0 saturated heterocycles. The van der Waals surface area contributed by atoms with E-state index in [9.17, 15) is 0 Å². The Labute approximate surface area is 129 Å². The lowest BCUT2D eigenvalue weighted by atomic mass is 9.87. The van der Waals surface area contributed by atoms with Gasteiger partial charge in [-0.25, -0.2) is 0 Å². The number of hydrogen-bond donors (Lipinski definition) is 2. The van der Waals surface area contributed by atoms with Crippen LogP contribution in [0.2, 0.25) is 0 Å². The van der Waals surface area contributed by atoms with E-state index in [1.54, 1.807) is 0 Å². The van der Waals surface area contributed by atoms with E-state index in [-0.39, 0.29) is 17.7 Å². The lowest BCUT2D eigenvalue weighted by Gasteiger charge is -2.43. The summed E-state index contributed by atoms with van der Waals surface area (Å²) in [5.74, 6) is 6.76. The van der Waals surface area contributed by atoms with Gasteiger partial charge in [0.1, 0.15) is 5.75 Å². The smallest absolute Gasteiger partial charge is 0.120 e. The molecule has 0 spiro atoms. The fraction of sp³-hybridized carbons (Fsp3) is 0.647. The van der Waals surface area contributed by atoms with E-state index in [0.717, 1.165) is 24.4 Å². The van der Waals surface area contributed by atoms with Gasteiger partial charge in [0.25, 0.3) is 0 Å². The number of hydrazine groups is 1. The Morgan fingerprint density at radius 3 is 2.33 bits per heavy atom. The topological polar surface area (TPSA) is 50.5 Å². The van der Waals surface area contributed by atoms with Crippen LogP contribution < -0.4 is 16.0 Å². The lowest BCUT2D eigenvalue weighted by molar-refractivity contribution is 0.0911. The van der Waals surface area contributed by atoms with Crippen molar-refractivity contribution in [3.8, 4) is 5.75 Å². The standard InChI is InChI=1S/C17H31N3O/c1-7-20(8-2)17(5,6)16(19-18)14-10-9-11-15(12-14)21-13(3)4/h9-13,16,19H,7-8,18H2,1-6H3. The number of hydrogen-bond acceptors (Lipinski definition) is 4. The second kappa shape index (κ2) is 7.78. The molecule has 1 atom stereocenters. The van der Waals surface area contributed by atoms with E-state index in [1.165, 1.54) is 0 Å². The van der Waals surface area contributed by atoms with Crippen LogP contribution in [0.4, 0.5) is 0 Å². The molecule has 1 rings (SSSR count). The average Bonchev–Trinajstić information content (AvgIpc) is 2.39. The van der Waals surface area contributed by atoms with Gasteiger partial charge >= 0.3 is 0 Å². The van der Waals surface area contributed by atoms with Crippen molar-refractivity contribution in [1.82, 2.24) is 10.3 Å². The normalized spacial score (nSPS) is 13.8. The highest BCUT2D eigenvalue weighted by atomic mass is 16.5. The van der Waals surface area contributed by atoms with Crippen LogP contribution in [0.15, 0.2) is 24.3 Å². The Morgan fingerprint density at radius 1 is 1.24 bits per heavy atom. The molecule has 21 heavy (non-hydrogen) atoms. The average molecular weight is 293 g/mol. The molecule has 0 bridgehead atoms. The Kier molecular flexibility index (Phi) is 6.65. The second-order valence-corrected chi connectivity index (χ2v) is 6.16. The highest BCUT2D eigenvalue weighted by molar-refractivity contribution is 5.32. The molecular weight excluding hydrogens is 262 g/mol. The number of nitrogens with one attached hydrogen (secondary N) is 1. The summed E-state index contributed by atoms with van der Waals surface area (Å²) in [5.41, 5.74) is 4.05. The van der Waals surface area contributed by atoms with Crippen molar-refractivity contribution < 1.29 is 4.74 Å². The van der Waals surface area contributed by atoms with Gasteiger partial charge in [-0.05, 0) is 58.5 Å². The van der Waals surface area contributed by atoms with Gasteiger partial charge in [0.05, 0.1) is 12.1 Å². The molecule has 1 aromatic carbocycles. The second-order valence-electron chi connectivity index (χ2n) is 6.16. The molecule has 120 valence electrons. The number of nitrogens with zero attached hydrogens (tertiary/aromatic N) is 1. The third-order valence-corrected chi connectivity index (χ3v) is 4.01. The van der Waals surface area contributed by atoms with Crippen molar-refractivity contribution >= 4 is 0 Å². The Hall–Kier alpha value is -1.10. The molecule has 0 amide bonds. The summed E-state index contributed by atoms with van der Waals surface area (Å²) < 4.78 is 5.79. The van der Waals surface area contributed by atoms with E-state index >= 15 is 0 Å². The zero-order valence-electron chi connectivity index (χ0n) is 14.3. The van der Waals surface area contributed by atoms with E-state index in [4.69, 9.17) is 10.6 Å². The minimum absolute atomic E-state index is 0.0353. The molecule has 0 heterocycles. The summed E-state index contributed by atoms with van der Waals surface area (Å²) in [6.45, 7) is 14.8. The monoisotopic (exact) mass is 293 g/mol. The molecule has 1 aromatic rings. The predicted octanol–water partition coefficient (Wildman–Crippen LogP) is 3.10. The van der Waals surface area contributed by atoms with E-state index in [0.29, 0.717) is 0 Å². The number of nitrogens with two attached hydrogens (primary N) is 1. The van der Waals surface area contributed by atoms with Gasteiger partial charge in [0, 0.05) is 5.54 Å². The summed E-state index contributed by atoms with van der Waals surface area (Å²) >= 11 is 0. The first kappa shape index (κ1) is 18.0. The largest absolute Gasteiger partial charge is 0.491 e. The molecule has 0 aliphatic heterocycles. The van der Waals surface area contributed by atoms with Gasteiger partial charge in [0.2, 0.25) is 0 Å². The van der Waals surface area contributed by atoms with Gasteiger partial charge in [0.15, 0.2) is 0 Å². The minimum atomic E-state index is -0.0886. The first-order valence-electron chi connectivity index (χ1n) is 7.84. The summed E-state index contributed by atoms with van der Waals surface area (Å²) in [4.78, 5) is 2.41. The maximum atomic E-state index is 5.87. The molecule has 0 aliphatic carbocycles. The van der Waals surface area contributed by atoms with Gasteiger partial charge < -0.3 is 4.74 Å². The zero-order chi connectivity index (χ0) is 16.0. The first-order chi connectivity index (χ1) is 9.86. The van der Waals surface area contributed by atoms with Crippen LogP contribution in [0.25, 0.3) is 0 Å². The van der Waals surface area contributed by atoms with E-state index < -0.39 is 0 Å². The first-order valence-corrected chi connectivity index (χ1v) is 7.84. The maximum absolute atomic E-state index is 5.87. The number of ether oxygens (including phenoxy) is 1. The number of benzene rings is 1. The molecule has 0 saturated carbocycles. The fourth-order valence-electron chi connectivity index (χ4n) is 2.97. The summed E-state index contributed by atoms with van der Waals surface area (Å²) in [5, 5.41) is 0.